The molecule has 6 aromatic carbocycles. The fourth-order valence-electron chi connectivity index (χ4n) is 5.63. The number of hydrogen-bond donors (Lipinski definition) is 0. The van der Waals surface area contributed by atoms with Crippen molar-refractivity contribution < 1.29 is 30.2 Å². The van der Waals surface area contributed by atoms with Crippen LogP contribution in [-0.4, -0.2) is 4.57 Å². The van der Waals surface area contributed by atoms with Crippen molar-refractivity contribution in [2.24, 2.45) is 0 Å². The molecule has 1 atom stereocenters. The summed E-state index contributed by atoms with van der Waals surface area (Å²) in [4.78, 5) is 0. The maximum atomic E-state index is 9.48. The fourth-order valence-corrected chi connectivity index (χ4v) is 5.63. The Balaban J connectivity index is 1.81. The summed E-state index contributed by atoms with van der Waals surface area (Å²) >= 11 is 0. The van der Waals surface area contributed by atoms with Crippen LogP contribution in [-0.2, 0) is 0 Å². The van der Waals surface area contributed by atoms with Crippen LogP contribution in [0, 0.1) is 0 Å². The third kappa shape index (κ3) is 2.46. The predicted octanol–water partition coefficient (Wildman–Crippen LogP) is 9.59. The van der Waals surface area contributed by atoms with Crippen molar-refractivity contribution in [1.82, 2.24) is 4.57 Å². The van der Waals surface area contributed by atoms with Gasteiger partial charge in [-0.05, 0) is 56.6 Å². The van der Waals surface area contributed by atoms with Crippen LogP contribution in [0.4, 0.5) is 0 Å². The van der Waals surface area contributed by atoms with Gasteiger partial charge in [-0.1, -0.05) is 121 Å². The van der Waals surface area contributed by atoms with Crippen molar-refractivity contribution in [1.29, 1.82) is 0 Å². The summed E-state index contributed by atoms with van der Waals surface area (Å²) in [6, 6.07) is -18.5. The van der Waals surface area contributed by atoms with Crippen LogP contribution in [0.2, 0.25) is 0 Å². The molecule has 1 unspecified atom stereocenters. The molecule has 0 saturated carbocycles. The zero-order valence-electron chi connectivity index (χ0n) is 41.0. The summed E-state index contributed by atoms with van der Waals surface area (Å²) in [5.74, 6) is -1.83. The number of benzene rings is 6. The number of fused-ring (bicyclic) bond motifs is 13. The molecule has 0 radical (unpaired) electrons. The van der Waals surface area contributed by atoms with Gasteiger partial charge in [-0.25, -0.2) is 0 Å². The smallest absolute Gasteiger partial charge is 0.0645 e. The van der Waals surface area contributed by atoms with Crippen molar-refractivity contribution in [2.45, 2.75) is 5.92 Å². The van der Waals surface area contributed by atoms with Gasteiger partial charge >= 0.3 is 0 Å². The third-order valence-electron chi connectivity index (χ3n) is 7.07. The van der Waals surface area contributed by atoms with E-state index in [1.54, 1.807) is 0 Å². The van der Waals surface area contributed by atoms with Crippen LogP contribution in [0.1, 0.15) is 52.8 Å². The van der Waals surface area contributed by atoms with Crippen molar-refractivity contribution in [3.8, 4) is 39.1 Å². The molecule has 38 heavy (non-hydrogen) atoms. The molecule has 0 saturated heterocycles. The highest BCUT2D eigenvalue weighted by Crippen LogP contribution is 2.55. The largest absolute Gasteiger partial charge is 0.308 e. The van der Waals surface area contributed by atoms with E-state index in [0.717, 1.165) is 4.57 Å². The molecule has 0 amide bonds. The minimum absolute atomic E-state index is 0.282. The molecule has 0 fully saturated rings. The zero-order chi connectivity index (χ0) is 43.9. The summed E-state index contributed by atoms with van der Waals surface area (Å²) < 4.78 is 201. The van der Waals surface area contributed by atoms with Crippen LogP contribution in [0.25, 0.3) is 60.9 Å². The minimum atomic E-state index is -1.83. The SMILES string of the molecule is [2H]c1c([2H])c([2H])c2c(c1[2H])-c1c([2H])c([2H])c([2H])c([2H])c1C1c3c([2H])c([2H])c([2H])c([2H])c3-c3c([2H])c([2H])c4c5c([2H])c([2H])c([2H])c([2H])c5n(c4c31)-c1c([2H])c([2H])c([2H])c([2H])c1-2. The summed E-state index contributed by atoms with van der Waals surface area (Å²) in [6.07, 6.45) is 0. The lowest BCUT2D eigenvalue weighted by Gasteiger charge is -2.25. The molecule has 1 nitrogen and oxygen atoms in total. The Hall–Kier alpha value is -4.88. The van der Waals surface area contributed by atoms with Gasteiger partial charge in [-0.2, -0.15) is 0 Å². The fraction of sp³-hybridized carbons (Fsp3) is 0.0270. The second kappa shape index (κ2) is 7.34. The van der Waals surface area contributed by atoms with Crippen LogP contribution in [0.15, 0.2) is 133 Å². The first-order valence-electron chi connectivity index (χ1n) is 22.5. The summed E-state index contributed by atoms with van der Waals surface area (Å²) in [5.41, 5.74) is -6.11. The predicted molar refractivity (Wildman–Crippen MR) is 158 cm³/mol. The normalized spacial score (nSPS) is 22.7. The average molecular weight is 504 g/mol. The van der Waals surface area contributed by atoms with Crippen molar-refractivity contribution in [3.63, 3.8) is 0 Å². The van der Waals surface area contributed by atoms with Crippen LogP contribution < -0.4 is 0 Å². The molecule has 176 valence electrons. The molecule has 1 aromatic heterocycles. The van der Waals surface area contributed by atoms with E-state index in [9.17, 15) is 13.7 Å². The molecule has 1 heteroatoms. The Bertz CT molecular complexity index is 3290. The summed E-state index contributed by atoms with van der Waals surface area (Å²) in [5, 5.41) is -0.820. The summed E-state index contributed by atoms with van der Waals surface area (Å²) in [6.45, 7) is 0. The van der Waals surface area contributed by atoms with E-state index >= 15 is 0 Å². The van der Waals surface area contributed by atoms with Gasteiger partial charge in [0.2, 0.25) is 0 Å². The highest BCUT2D eigenvalue weighted by molar-refractivity contribution is 6.14. The first-order chi connectivity index (χ1) is 28.0. The number of para-hydroxylation sites is 2. The Morgan fingerprint density at radius 3 is 1.76 bits per heavy atom. The first kappa shape index (κ1) is 8.58. The Morgan fingerprint density at radius 1 is 0.447 bits per heavy atom. The van der Waals surface area contributed by atoms with Gasteiger partial charge in [0.15, 0.2) is 0 Å². The molecule has 0 bridgehead atoms. The third-order valence-corrected chi connectivity index (χ3v) is 7.07. The molecule has 2 heterocycles. The topological polar surface area (TPSA) is 4.93 Å². The molecular weight excluding hydrogens is 458 g/mol. The second-order valence-electron chi connectivity index (χ2n) is 8.81. The van der Waals surface area contributed by atoms with Gasteiger partial charge in [-0.15, -0.1) is 0 Å². The van der Waals surface area contributed by atoms with Crippen LogP contribution >= 0.6 is 0 Å². The van der Waals surface area contributed by atoms with E-state index in [2.05, 4.69) is 0 Å². The van der Waals surface area contributed by atoms with E-state index < -0.39 is 189 Å². The van der Waals surface area contributed by atoms with E-state index in [0.29, 0.717) is 0 Å². The Kier molecular flexibility index (Phi) is 1.66. The van der Waals surface area contributed by atoms with E-state index in [1.165, 1.54) is 0 Å². The maximum Gasteiger partial charge on any atom is 0.0645 e. The standard InChI is InChI=1S/C37H23N/c1-2-12-24-23(11-1)25-13-3-5-17-29(25)35-30-18-6-4-14-26(30)31-21-22-32-28-16-8-10-20-34(28)38(37(32)36(31)35)33-19-9-7-15-27(24)33/h1-22,35H/i1D,2D,3D,4D,5D,6D,7D,8D,9D,10D,11D,12D,13D,14D,15D,16D,17D,18D,19D,20D,21D,22D. The van der Waals surface area contributed by atoms with E-state index in [1.807, 2.05) is 0 Å². The molecule has 7 aromatic rings. The average Bonchev–Trinajstić information content (AvgIpc) is 3.76. The highest BCUT2D eigenvalue weighted by atomic mass is 15.0. The number of rotatable bonds is 0. The minimum Gasteiger partial charge on any atom is -0.308 e. The first-order valence-corrected chi connectivity index (χ1v) is 11.5. The number of nitrogens with zero attached hydrogens (tertiary/aromatic N) is 1. The number of aromatic nitrogens is 1. The molecule has 0 N–H and O–H groups in total. The van der Waals surface area contributed by atoms with Crippen molar-refractivity contribution in [2.75, 3.05) is 0 Å². The zero-order valence-corrected chi connectivity index (χ0v) is 19.0. The summed E-state index contributed by atoms with van der Waals surface area (Å²) in [7, 11) is 0. The molecule has 1 aliphatic carbocycles. The molecular formula is C37H23N. The lowest BCUT2D eigenvalue weighted by atomic mass is 9.81. The quantitative estimate of drug-likeness (QED) is 0.194. The lowest BCUT2D eigenvalue weighted by molar-refractivity contribution is 1.01. The molecule has 1 aliphatic heterocycles. The van der Waals surface area contributed by atoms with Crippen LogP contribution in [0.5, 0.6) is 0 Å². The van der Waals surface area contributed by atoms with Gasteiger partial charge in [0.1, 0.15) is 0 Å². The molecule has 0 spiro atoms. The Labute approximate surface area is 252 Å². The highest BCUT2D eigenvalue weighted by Gasteiger charge is 2.36. The molecule has 2 aliphatic rings. The van der Waals surface area contributed by atoms with Gasteiger partial charge in [-0.3, -0.25) is 0 Å². The lowest BCUT2D eigenvalue weighted by Crippen LogP contribution is -2.07. The van der Waals surface area contributed by atoms with E-state index in [-0.39, 0.29) is 27.8 Å². The van der Waals surface area contributed by atoms with Crippen molar-refractivity contribution >= 4 is 21.8 Å². The van der Waals surface area contributed by atoms with Gasteiger partial charge in [0, 0.05) is 22.3 Å². The second-order valence-corrected chi connectivity index (χ2v) is 8.81. The monoisotopic (exact) mass is 503 g/mol. The van der Waals surface area contributed by atoms with Gasteiger partial charge in [0.05, 0.1) is 46.9 Å². The Morgan fingerprint density at radius 2 is 1.00 bits per heavy atom. The van der Waals surface area contributed by atoms with Gasteiger partial charge < -0.3 is 4.57 Å². The van der Waals surface area contributed by atoms with Crippen molar-refractivity contribution in [3.05, 3.63) is 150 Å². The number of hydrogen-bond acceptors (Lipinski definition) is 0. The van der Waals surface area contributed by atoms with Crippen LogP contribution in [0.3, 0.4) is 0 Å². The van der Waals surface area contributed by atoms with Gasteiger partial charge in [0.25, 0.3) is 0 Å². The maximum absolute atomic E-state index is 9.48. The molecule has 9 rings (SSSR count). The van der Waals surface area contributed by atoms with E-state index in [4.69, 9.17) is 16.4 Å².